The van der Waals surface area contributed by atoms with Crippen molar-refractivity contribution in [1.82, 2.24) is 9.97 Å². The summed E-state index contributed by atoms with van der Waals surface area (Å²) in [6.07, 6.45) is 0. The Morgan fingerprint density at radius 2 is 2.14 bits per heavy atom. The van der Waals surface area contributed by atoms with Gasteiger partial charge in [-0.1, -0.05) is 23.7 Å². The fourth-order valence-corrected chi connectivity index (χ4v) is 2.32. The van der Waals surface area contributed by atoms with E-state index >= 15 is 0 Å². The average molecular weight is 316 g/mol. The van der Waals surface area contributed by atoms with Gasteiger partial charge in [-0.2, -0.15) is 0 Å². The summed E-state index contributed by atoms with van der Waals surface area (Å²) in [5.74, 6) is 0.750. The van der Waals surface area contributed by atoms with E-state index in [0.29, 0.717) is 16.7 Å². The van der Waals surface area contributed by atoms with Gasteiger partial charge in [0.15, 0.2) is 6.61 Å². The van der Waals surface area contributed by atoms with Crippen LogP contribution < -0.4 is 10.1 Å². The highest BCUT2D eigenvalue weighted by Crippen LogP contribution is 2.21. The van der Waals surface area contributed by atoms with E-state index in [1.54, 1.807) is 18.2 Å². The largest absolute Gasteiger partial charge is 0.483 e. The molecule has 1 amide bonds. The summed E-state index contributed by atoms with van der Waals surface area (Å²) in [6.45, 7) is 1.78. The van der Waals surface area contributed by atoms with Crippen molar-refractivity contribution in [1.29, 1.82) is 0 Å². The van der Waals surface area contributed by atoms with E-state index in [2.05, 4.69) is 15.3 Å². The van der Waals surface area contributed by atoms with Crippen LogP contribution in [0.25, 0.3) is 11.0 Å². The lowest BCUT2D eigenvalue weighted by atomic mass is 10.2. The lowest BCUT2D eigenvalue weighted by molar-refractivity contribution is -0.118. The number of imidazole rings is 1. The maximum absolute atomic E-state index is 11.9. The minimum absolute atomic E-state index is 0.0977. The van der Waals surface area contributed by atoms with Crippen LogP contribution in [-0.2, 0) is 4.79 Å². The number of H-pyrrole nitrogens is 1. The number of aryl methyl sites for hydroxylation is 1. The number of rotatable bonds is 4. The molecule has 0 atom stereocenters. The molecule has 2 N–H and O–H groups in total. The number of carbonyl (C=O) groups is 1. The molecule has 3 aromatic rings. The quantitative estimate of drug-likeness (QED) is 0.774. The van der Waals surface area contributed by atoms with Crippen molar-refractivity contribution < 1.29 is 9.53 Å². The predicted molar refractivity (Wildman–Crippen MR) is 86.4 cm³/mol. The van der Waals surface area contributed by atoms with Crippen LogP contribution in [0.5, 0.6) is 5.75 Å². The highest BCUT2D eigenvalue weighted by atomic mass is 35.5. The van der Waals surface area contributed by atoms with Crippen LogP contribution in [0.4, 0.5) is 5.95 Å². The maximum Gasteiger partial charge on any atom is 0.264 e. The van der Waals surface area contributed by atoms with Crippen LogP contribution in [-0.4, -0.2) is 22.5 Å². The Labute approximate surface area is 132 Å². The van der Waals surface area contributed by atoms with Crippen LogP contribution in [0, 0.1) is 6.92 Å². The number of hydrogen-bond acceptors (Lipinski definition) is 3. The van der Waals surface area contributed by atoms with Gasteiger partial charge >= 0.3 is 0 Å². The summed E-state index contributed by atoms with van der Waals surface area (Å²) in [6, 6.07) is 12.8. The molecule has 5 nitrogen and oxygen atoms in total. The molecule has 1 heterocycles. The number of aromatic amines is 1. The second-order valence-corrected chi connectivity index (χ2v) is 5.29. The van der Waals surface area contributed by atoms with Crippen molar-refractivity contribution in [3.05, 3.63) is 53.1 Å². The highest BCUT2D eigenvalue weighted by Gasteiger charge is 2.08. The van der Waals surface area contributed by atoms with Crippen molar-refractivity contribution in [2.24, 2.45) is 0 Å². The lowest BCUT2D eigenvalue weighted by Gasteiger charge is -2.08. The SMILES string of the molecule is Cc1cc(Cl)ccc1OCC(=O)Nc1nc2ccccc2[nH]1. The Morgan fingerprint density at radius 3 is 2.91 bits per heavy atom. The molecule has 0 saturated heterocycles. The Morgan fingerprint density at radius 1 is 1.32 bits per heavy atom. The van der Waals surface area contributed by atoms with Crippen molar-refractivity contribution in [3.63, 3.8) is 0 Å². The predicted octanol–water partition coefficient (Wildman–Crippen LogP) is 3.54. The van der Waals surface area contributed by atoms with Crippen LogP contribution in [0.15, 0.2) is 42.5 Å². The normalized spacial score (nSPS) is 10.6. The number of fused-ring (bicyclic) bond motifs is 1. The van der Waals surface area contributed by atoms with Gasteiger partial charge in [0, 0.05) is 5.02 Å². The van der Waals surface area contributed by atoms with Crippen molar-refractivity contribution in [2.75, 3.05) is 11.9 Å². The number of amides is 1. The molecule has 0 aliphatic carbocycles. The van der Waals surface area contributed by atoms with Gasteiger partial charge in [0.2, 0.25) is 5.95 Å². The summed E-state index contributed by atoms with van der Waals surface area (Å²) in [5, 5.41) is 3.31. The molecule has 0 aliphatic heterocycles. The number of benzene rings is 2. The van der Waals surface area contributed by atoms with Gasteiger partial charge in [0.25, 0.3) is 5.91 Å². The molecule has 0 unspecified atom stereocenters. The third kappa shape index (κ3) is 3.20. The minimum Gasteiger partial charge on any atom is -0.483 e. The van der Waals surface area contributed by atoms with E-state index in [0.717, 1.165) is 16.6 Å². The average Bonchev–Trinajstić information content (AvgIpc) is 2.88. The molecule has 0 aliphatic rings. The number of nitrogens with one attached hydrogen (secondary N) is 2. The third-order valence-corrected chi connectivity index (χ3v) is 3.38. The number of aromatic nitrogens is 2. The molecule has 1 aromatic heterocycles. The summed E-state index contributed by atoms with van der Waals surface area (Å²) in [5.41, 5.74) is 2.54. The van der Waals surface area contributed by atoms with Gasteiger partial charge in [-0.25, -0.2) is 4.98 Å². The molecule has 0 spiro atoms. The summed E-state index contributed by atoms with van der Waals surface area (Å²) >= 11 is 5.88. The molecule has 0 saturated carbocycles. The number of anilines is 1. The molecular weight excluding hydrogens is 302 g/mol. The van der Waals surface area contributed by atoms with E-state index < -0.39 is 0 Å². The van der Waals surface area contributed by atoms with Crippen molar-refractivity contribution in [2.45, 2.75) is 6.92 Å². The third-order valence-electron chi connectivity index (χ3n) is 3.14. The first-order valence-electron chi connectivity index (χ1n) is 6.75. The van der Waals surface area contributed by atoms with Crippen LogP contribution >= 0.6 is 11.6 Å². The zero-order chi connectivity index (χ0) is 15.5. The van der Waals surface area contributed by atoms with Crippen molar-refractivity contribution in [3.8, 4) is 5.75 Å². The van der Waals surface area contributed by atoms with Crippen molar-refractivity contribution >= 4 is 34.5 Å². The Hall–Kier alpha value is -2.53. The van der Waals surface area contributed by atoms with E-state index in [4.69, 9.17) is 16.3 Å². The van der Waals surface area contributed by atoms with Gasteiger partial charge < -0.3 is 9.72 Å². The fraction of sp³-hybridized carbons (Fsp3) is 0.125. The molecule has 6 heteroatoms. The maximum atomic E-state index is 11.9. The van der Waals surface area contributed by atoms with Gasteiger partial charge in [0.1, 0.15) is 5.75 Å². The number of ether oxygens (including phenoxy) is 1. The van der Waals surface area contributed by atoms with Crippen LogP contribution in [0.2, 0.25) is 5.02 Å². The molecule has 2 aromatic carbocycles. The van der Waals surface area contributed by atoms with Gasteiger partial charge in [-0.3, -0.25) is 10.1 Å². The number of hydrogen-bond donors (Lipinski definition) is 2. The molecular formula is C16H14ClN3O2. The molecule has 0 radical (unpaired) electrons. The lowest BCUT2D eigenvalue weighted by Crippen LogP contribution is -2.21. The zero-order valence-corrected chi connectivity index (χ0v) is 12.6. The fourth-order valence-electron chi connectivity index (χ4n) is 2.10. The van der Waals surface area contributed by atoms with E-state index in [1.807, 2.05) is 31.2 Å². The smallest absolute Gasteiger partial charge is 0.264 e. The first-order chi connectivity index (χ1) is 10.6. The Bertz CT molecular complexity index is 796. The van der Waals surface area contributed by atoms with E-state index in [-0.39, 0.29) is 12.5 Å². The van der Waals surface area contributed by atoms with Gasteiger partial charge in [-0.15, -0.1) is 0 Å². The van der Waals surface area contributed by atoms with Gasteiger partial charge in [-0.05, 0) is 42.8 Å². The second kappa shape index (κ2) is 6.07. The molecule has 0 fully saturated rings. The van der Waals surface area contributed by atoms with E-state index in [1.165, 1.54) is 0 Å². The molecule has 3 rings (SSSR count). The monoisotopic (exact) mass is 315 g/mol. The summed E-state index contributed by atoms with van der Waals surface area (Å²) in [4.78, 5) is 19.2. The minimum atomic E-state index is -0.284. The molecule has 0 bridgehead atoms. The summed E-state index contributed by atoms with van der Waals surface area (Å²) in [7, 11) is 0. The number of carbonyl (C=O) groups excluding carboxylic acids is 1. The van der Waals surface area contributed by atoms with Gasteiger partial charge in [0.05, 0.1) is 11.0 Å². The van der Waals surface area contributed by atoms with E-state index in [9.17, 15) is 4.79 Å². The van der Waals surface area contributed by atoms with Crippen LogP contribution in [0.3, 0.4) is 0 Å². The molecule has 112 valence electrons. The zero-order valence-electron chi connectivity index (χ0n) is 11.9. The van der Waals surface area contributed by atoms with Crippen LogP contribution in [0.1, 0.15) is 5.56 Å². The number of nitrogens with zero attached hydrogens (tertiary/aromatic N) is 1. The second-order valence-electron chi connectivity index (χ2n) is 4.85. The molecule has 22 heavy (non-hydrogen) atoms. The standard InChI is InChI=1S/C16H14ClN3O2/c1-10-8-11(17)6-7-14(10)22-9-15(21)20-16-18-12-4-2-3-5-13(12)19-16/h2-8H,9H2,1H3,(H2,18,19,20,21). The Balaban J connectivity index is 1.62. The first-order valence-corrected chi connectivity index (χ1v) is 7.13. The number of para-hydroxylation sites is 2. The number of halogens is 1. The first kappa shape index (κ1) is 14.4. The summed E-state index contributed by atoms with van der Waals surface area (Å²) < 4.78 is 5.49. The highest BCUT2D eigenvalue weighted by molar-refractivity contribution is 6.30. The topological polar surface area (TPSA) is 67.0 Å². The Kier molecular flexibility index (Phi) is 3.98.